The van der Waals surface area contributed by atoms with Gasteiger partial charge >= 0.3 is 0 Å². The van der Waals surface area contributed by atoms with Crippen LogP contribution in [0.3, 0.4) is 0 Å². The Labute approximate surface area is 121 Å². The molecule has 0 saturated heterocycles. The van der Waals surface area contributed by atoms with Crippen LogP contribution in [0.15, 0.2) is 22.7 Å². The summed E-state index contributed by atoms with van der Waals surface area (Å²) in [5.41, 5.74) is 1.10. The molecule has 0 aliphatic rings. The van der Waals surface area contributed by atoms with Crippen LogP contribution in [0.1, 0.15) is 25.3 Å². The van der Waals surface area contributed by atoms with Crippen molar-refractivity contribution in [2.75, 3.05) is 13.7 Å². The van der Waals surface area contributed by atoms with E-state index in [1.807, 2.05) is 0 Å². The van der Waals surface area contributed by atoms with Crippen LogP contribution in [-0.2, 0) is 11.3 Å². The monoisotopic (exact) mass is 330 g/mol. The molecule has 0 saturated carbocycles. The van der Waals surface area contributed by atoms with E-state index in [-0.39, 0.29) is 5.69 Å². The lowest BCUT2D eigenvalue weighted by Crippen LogP contribution is -2.32. The van der Waals surface area contributed by atoms with Gasteiger partial charge in [-0.15, -0.1) is 0 Å². The Morgan fingerprint density at radius 1 is 1.53 bits per heavy atom. The van der Waals surface area contributed by atoms with Crippen molar-refractivity contribution in [3.63, 3.8) is 0 Å². The number of nitro benzene ring substituents is 1. The summed E-state index contributed by atoms with van der Waals surface area (Å²) in [4.78, 5) is 10.3. The summed E-state index contributed by atoms with van der Waals surface area (Å²) in [5, 5.41) is 14.1. The summed E-state index contributed by atoms with van der Waals surface area (Å²) in [6.45, 7) is 3.46. The molecule has 19 heavy (non-hydrogen) atoms. The molecule has 0 fully saturated rings. The van der Waals surface area contributed by atoms with Gasteiger partial charge in [-0.2, -0.15) is 0 Å². The Hall–Kier alpha value is -0.980. The second-order valence-electron chi connectivity index (χ2n) is 4.35. The van der Waals surface area contributed by atoms with Crippen LogP contribution in [0.25, 0.3) is 0 Å². The highest BCUT2D eigenvalue weighted by molar-refractivity contribution is 9.10. The average Bonchev–Trinajstić information content (AvgIpc) is 2.37. The zero-order chi connectivity index (χ0) is 14.3. The Bertz CT molecular complexity index is 420. The maximum atomic E-state index is 10.7. The highest BCUT2D eigenvalue weighted by atomic mass is 79.9. The van der Waals surface area contributed by atoms with E-state index in [2.05, 4.69) is 28.2 Å². The lowest BCUT2D eigenvalue weighted by Gasteiger charge is -2.17. The molecule has 0 bridgehead atoms. The summed E-state index contributed by atoms with van der Waals surface area (Å²) >= 11 is 3.37. The number of nitrogens with one attached hydrogen (secondary N) is 1. The molecule has 0 heterocycles. The van der Waals surface area contributed by atoms with Crippen molar-refractivity contribution in [1.29, 1.82) is 0 Å². The number of methoxy groups -OCH3 is 1. The van der Waals surface area contributed by atoms with Crippen molar-refractivity contribution < 1.29 is 9.66 Å². The first-order chi connectivity index (χ1) is 9.08. The van der Waals surface area contributed by atoms with Crippen molar-refractivity contribution >= 4 is 21.6 Å². The minimum absolute atomic E-state index is 0.0950. The van der Waals surface area contributed by atoms with Crippen molar-refractivity contribution in [3.05, 3.63) is 38.3 Å². The van der Waals surface area contributed by atoms with E-state index in [1.54, 1.807) is 13.2 Å². The fourth-order valence-corrected chi connectivity index (χ4v) is 2.35. The average molecular weight is 331 g/mol. The van der Waals surface area contributed by atoms with Crippen molar-refractivity contribution in [2.24, 2.45) is 0 Å². The largest absolute Gasteiger partial charge is 0.383 e. The Morgan fingerprint density at radius 2 is 2.26 bits per heavy atom. The molecule has 1 unspecified atom stereocenters. The van der Waals surface area contributed by atoms with Crippen LogP contribution in [0.5, 0.6) is 0 Å². The molecule has 0 spiro atoms. The highest BCUT2D eigenvalue weighted by Gasteiger charge is 2.11. The molecule has 0 amide bonds. The molecule has 1 rings (SSSR count). The second kappa shape index (κ2) is 8.24. The van der Waals surface area contributed by atoms with E-state index < -0.39 is 4.92 Å². The standard InChI is InChI=1S/C13H19BrN2O3/c1-3-4-11(9-19-2)15-8-10-5-6-12(16(17)18)7-13(10)14/h5-7,11,15H,3-4,8-9H2,1-2H3. The summed E-state index contributed by atoms with van der Waals surface area (Å²) in [6.07, 6.45) is 2.13. The summed E-state index contributed by atoms with van der Waals surface area (Å²) < 4.78 is 5.91. The number of non-ortho nitro benzene ring substituents is 1. The molecule has 1 atom stereocenters. The van der Waals surface area contributed by atoms with Gasteiger partial charge in [-0.1, -0.05) is 29.3 Å². The van der Waals surface area contributed by atoms with Gasteiger partial charge in [0.1, 0.15) is 0 Å². The van der Waals surface area contributed by atoms with Gasteiger partial charge < -0.3 is 10.1 Å². The molecule has 1 N–H and O–H groups in total. The molecule has 0 aliphatic heterocycles. The highest BCUT2D eigenvalue weighted by Crippen LogP contribution is 2.23. The third-order valence-electron chi connectivity index (χ3n) is 2.83. The second-order valence-corrected chi connectivity index (χ2v) is 5.21. The predicted octanol–water partition coefficient (Wildman–Crippen LogP) is 3.26. The van der Waals surface area contributed by atoms with E-state index in [0.29, 0.717) is 19.2 Å². The first-order valence-electron chi connectivity index (χ1n) is 6.23. The first kappa shape index (κ1) is 16.1. The third-order valence-corrected chi connectivity index (χ3v) is 3.57. The number of benzene rings is 1. The van der Waals surface area contributed by atoms with Crippen LogP contribution in [-0.4, -0.2) is 24.7 Å². The molecule has 0 aromatic heterocycles. The molecule has 6 heteroatoms. The van der Waals surface area contributed by atoms with E-state index in [0.717, 1.165) is 22.9 Å². The van der Waals surface area contributed by atoms with Crippen LogP contribution >= 0.6 is 15.9 Å². The molecule has 1 aromatic carbocycles. The number of hydrogen-bond acceptors (Lipinski definition) is 4. The molecule has 0 aliphatic carbocycles. The molecular weight excluding hydrogens is 312 g/mol. The van der Waals surface area contributed by atoms with Crippen molar-refractivity contribution in [1.82, 2.24) is 5.32 Å². The molecule has 5 nitrogen and oxygen atoms in total. The minimum Gasteiger partial charge on any atom is -0.383 e. The quantitative estimate of drug-likeness (QED) is 0.587. The smallest absolute Gasteiger partial charge is 0.270 e. The SMILES string of the molecule is CCCC(COC)NCc1ccc([N+](=O)[O-])cc1Br. The number of hydrogen-bond donors (Lipinski definition) is 1. The van der Waals surface area contributed by atoms with E-state index in [9.17, 15) is 10.1 Å². The van der Waals surface area contributed by atoms with Gasteiger partial charge in [-0.3, -0.25) is 10.1 Å². The summed E-state index contributed by atoms with van der Waals surface area (Å²) in [5.74, 6) is 0. The zero-order valence-electron chi connectivity index (χ0n) is 11.2. The van der Waals surface area contributed by atoms with Gasteiger partial charge in [-0.05, 0) is 18.1 Å². The Morgan fingerprint density at radius 3 is 2.79 bits per heavy atom. The van der Waals surface area contributed by atoms with E-state index in [1.165, 1.54) is 12.1 Å². The molecule has 0 radical (unpaired) electrons. The summed E-state index contributed by atoms with van der Waals surface area (Å²) in [7, 11) is 1.69. The van der Waals surface area contributed by atoms with Crippen molar-refractivity contribution in [2.45, 2.75) is 32.4 Å². The van der Waals surface area contributed by atoms with Gasteiger partial charge in [-0.25, -0.2) is 0 Å². The van der Waals surface area contributed by atoms with Crippen LogP contribution in [0.2, 0.25) is 0 Å². The topological polar surface area (TPSA) is 64.4 Å². The number of rotatable bonds is 8. The van der Waals surface area contributed by atoms with Gasteiger partial charge in [0.25, 0.3) is 5.69 Å². The maximum absolute atomic E-state index is 10.7. The summed E-state index contributed by atoms with van der Waals surface area (Å²) in [6, 6.07) is 5.12. The van der Waals surface area contributed by atoms with Crippen LogP contribution in [0.4, 0.5) is 5.69 Å². The fraction of sp³-hybridized carbons (Fsp3) is 0.538. The minimum atomic E-state index is -0.396. The predicted molar refractivity (Wildman–Crippen MR) is 78.2 cm³/mol. The molecule has 1 aromatic rings. The zero-order valence-corrected chi connectivity index (χ0v) is 12.8. The van der Waals surface area contributed by atoms with Crippen molar-refractivity contribution in [3.8, 4) is 0 Å². The van der Waals surface area contributed by atoms with Gasteiger partial charge in [0.05, 0.1) is 11.5 Å². The van der Waals surface area contributed by atoms with Gasteiger partial charge in [0.2, 0.25) is 0 Å². The number of ether oxygens (including phenoxy) is 1. The number of nitro groups is 1. The molecular formula is C13H19BrN2O3. The number of nitrogens with zero attached hydrogens (tertiary/aromatic N) is 1. The maximum Gasteiger partial charge on any atom is 0.270 e. The lowest BCUT2D eigenvalue weighted by atomic mass is 10.1. The van der Waals surface area contributed by atoms with Crippen LogP contribution < -0.4 is 5.32 Å². The lowest BCUT2D eigenvalue weighted by molar-refractivity contribution is -0.384. The third kappa shape index (κ3) is 5.26. The Balaban J connectivity index is 2.63. The van der Waals surface area contributed by atoms with Gasteiger partial charge in [0.15, 0.2) is 0 Å². The van der Waals surface area contributed by atoms with Gasteiger partial charge in [0, 0.05) is 36.3 Å². The molecule has 106 valence electrons. The van der Waals surface area contributed by atoms with E-state index in [4.69, 9.17) is 4.74 Å². The number of halogens is 1. The fourth-order valence-electron chi connectivity index (χ4n) is 1.84. The Kier molecular flexibility index (Phi) is 6.97. The first-order valence-corrected chi connectivity index (χ1v) is 7.03. The van der Waals surface area contributed by atoms with E-state index >= 15 is 0 Å². The normalized spacial score (nSPS) is 12.4. The van der Waals surface area contributed by atoms with Crippen LogP contribution in [0, 0.1) is 10.1 Å².